The molecule has 2 aliphatic rings. The fourth-order valence-electron chi connectivity index (χ4n) is 4.32. The van der Waals surface area contributed by atoms with E-state index in [-0.39, 0.29) is 23.8 Å². The monoisotopic (exact) mass is 438 g/mol. The van der Waals surface area contributed by atoms with Crippen LogP contribution in [0.15, 0.2) is 42.6 Å². The Balaban J connectivity index is 1.66. The Morgan fingerprint density at radius 3 is 2.69 bits per heavy atom. The molecule has 1 aromatic heterocycles. The van der Waals surface area contributed by atoms with Gasteiger partial charge in [0.1, 0.15) is 11.8 Å². The topological polar surface area (TPSA) is 104 Å². The highest BCUT2D eigenvalue weighted by Crippen LogP contribution is 2.35. The summed E-state index contributed by atoms with van der Waals surface area (Å²) in [6, 6.07) is 8.70. The number of hydrogen-bond donors (Lipinski definition) is 3. The molecule has 3 heterocycles. The fraction of sp³-hybridized carbons (Fsp3) is 0.391. The molecule has 0 saturated carbocycles. The molecule has 0 saturated heterocycles. The van der Waals surface area contributed by atoms with E-state index in [4.69, 9.17) is 4.74 Å². The van der Waals surface area contributed by atoms with Crippen molar-refractivity contribution in [1.29, 1.82) is 0 Å². The smallest absolute Gasteiger partial charge is 0.337 e. The summed E-state index contributed by atoms with van der Waals surface area (Å²) in [6.07, 6.45) is 2.27. The zero-order chi connectivity index (χ0) is 23.0. The van der Waals surface area contributed by atoms with Crippen molar-refractivity contribution in [3.8, 4) is 5.75 Å². The Morgan fingerprint density at radius 2 is 1.97 bits per heavy atom. The van der Waals surface area contributed by atoms with Gasteiger partial charge in [-0.25, -0.2) is 9.36 Å². The second-order valence-electron chi connectivity index (χ2n) is 8.12. The zero-order valence-electron chi connectivity index (χ0n) is 18.6. The average Bonchev–Trinajstić information content (AvgIpc) is 3.20. The number of methoxy groups -OCH3 is 1. The molecule has 0 radical (unpaired) electrons. The number of carbonyl (C=O) groups is 3. The van der Waals surface area contributed by atoms with Crippen LogP contribution in [0.5, 0.6) is 5.75 Å². The van der Waals surface area contributed by atoms with Crippen LogP contribution in [-0.2, 0) is 20.8 Å². The summed E-state index contributed by atoms with van der Waals surface area (Å²) < 4.78 is 7.29. The number of para-hydroxylation sites is 2. The molecule has 3 N–H and O–H groups in total. The SMILES string of the molecule is CN[C@@H](C)C(=O)N[C@@H]1C(=O)N2c3c(ccc[n+]3C1C)C[C@@H]2C(=O)Nc1ccccc1OC. The molecular formula is C23H28N5O4+. The van der Waals surface area contributed by atoms with Crippen LogP contribution in [0.1, 0.15) is 25.5 Å². The number of rotatable bonds is 6. The molecule has 1 aromatic carbocycles. The van der Waals surface area contributed by atoms with Gasteiger partial charge in [0.2, 0.25) is 5.91 Å². The molecule has 1 unspecified atom stereocenters. The number of nitrogens with one attached hydrogen (secondary N) is 3. The number of benzene rings is 1. The lowest BCUT2D eigenvalue weighted by Crippen LogP contribution is -2.67. The van der Waals surface area contributed by atoms with Crippen LogP contribution in [0.2, 0.25) is 0 Å². The molecule has 0 spiro atoms. The van der Waals surface area contributed by atoms with E-state index in [1.165, 1.54) is 12.0 Å². The highest BCUT2D eigenvalue weighted by Gasteiger charge is 2.55. The van der Waals surface area contributed by atoms with Gasteiger partial charge in [0, 0.05) is 12.0 Å². The van der Waals surface area contributed by atoms with Crippen LogP contribution < -0.4 is 30.2 Å². The van der Waals surface area contributed by atoms with E-state index >= 15 is 0 Å². The number of carbonyl (C=O) groups excluding carboxylic acids is 3. The van der Waals surface area contributed by atoms with Gasteiger partial charge < -0.3 is 20.7 Å². The van der Waals surface area contributed by atoms with Crippen molar-refractivity contribution in [2.75, 3.05) is 24.4 Å². The third kappa shape index (κ3) is 3.58. The lowest BCUT2D eigenvalue weighted by Gasteiger charge is -2.32. The minimum atomic E-state index is -0.786. The number of ether oxygens (including phenoxy) is 1. The standard InChI is InChI=1S/C23H27N5O4/c1-13(24-3)20(29)26-19-14(2)27-11-7-8-15-12-17(28(22(15)27)23(19)31)21(30)25-16-9-5-6-10-18(16)32-4/h5-11,13-14,17,19,24H,12H2,1-4H3,(H-,25,26,29,30)/p+1/t13-,14?,17+,19-/m0/s1. The minimum Gasteiger partial charge on any atom is -0.495 e. The maximum atomic E-state index is 13.6. The molecule has 9 heteroatoms. The Morgan fingerprint density at radius 1 is 1.22 bits per heavy atom. The van der Waals surface area contributed by atoms with Gasteiger partial charge in [-0.3, -0.25) is 9.59 Å². The summed E-state index contributed by atoms with van der Waals surface area (Å²) in [7, 11) is 3.22. The number of hydrogen-bond acceptors (Lipinski definition) is 5. The van der Waals surface area contributed by atoms with E-state index in [9.17, 15) is 14.4 Å². The number of pyridine rings is 1. The van der Waals surface area contributed by atoms with Crippen LogP contribution in [0, 0.1) is 0 Å². The molecule has 0 bridgehead atoms. The van der Waals surface area contributed by atoms with Crippen molar-refractivity contribution in [2.24, 2.45) is 0 Å². The first-order chi connectivity index (χ1) is 15.4. The molecule has 4 atom stereocenters. The molecule has 9 nitrogen and oxygen atoms in total. The maximum Gasteiger partial charge on any atom is 0.337 e. The predicted molar refractivity (Wildman–Crippen MR) is 118 cm³/mol. The quantitative estimate of drug-likeness (QED) is 0.572. The average molecular weight is 439 g/mol. The lowest BCUT2D eigenvalue weighted by molar-refractivity contribution is -0.710. The minimum absolute atomic E-state index is 0.271. The van der Waals surface area contributed by atoms with E-state index in [1.54, 1.807) is 32.2 Å². The third-order valence-electron chi connectivity index (χ3n) is 6.25. The van der Waals surface area contributed by atoms with E-state index < -0.39 is 18.1 Å². The molecular weight excluding hydrogens is 410 g/mol. The largest absolute Gasteiger partial charge is 0.495 e. The Hall–Kier alpha value is -3.46. The van der Waals surface area contributed by atoms with Gasteiger partial charge in [-0.15, -0.1) is 0 Å². The summed E-state index contributed by atoms with van der Waals surface area (Å²) in [5.74, 6) is 0.369. The van der Waals surface area contributed by atoms with E-state index in [0.29, 0.717) is 23.7 Å². The third-order valence-corrected chi connectivity index (χ3v) is 6.25. The van der Waals surface area contributed by atoms with Crippen LogP contribution in [0.25, 0.3) is 0 Å². The van der Waals surface area contributed by atoms with Crippen molar-refractivity contribution >= 4 is 29.2 Å². The summed E-state index contributed by atoms with van der Waals surface area (Å²) in [4.78, 5) is 40.9. The van der Waals surface area contributed by atoms with Gasteiger partial charge in [-0.1, -0.05) is 12.1 Å². The first-order valence-corrected chi connectivity index (χ1v) is 10.6. The second kappa shape index (κ2) is 8.58. The second-order valence-corrected chi connectivity index (χ2v) is 8.12. The molecule has 2 aromatic rings. The molecule has 32 heavy (non-hydrogen) atoms. The highest BCUT2D eigenvalue weighted by molar-refractivity contribution is 6.09. The normalized spacial score (nSPS) is 22.2. The summed E-state index contributed by atoms with van der Waals surface area (Å²) in [6.45, 7) is 3.62. The lowest BCUT2D eigenvalue weighted by atomic mass is 10.0. The molecule has 2 aliphatic heterocycles. The maximum absolute atomic E-state index is 13.6. The van der Waals surface area contributed by atoms with E-state index in [1.807, 2.05) is 35.9 Å². The number of nitrogens with zero attached hydrogens (tertiary/aromatic N) is 2. The Kier molecular flexibility index (Phi) is 5.84. The van der Waals surface area contributed by atoms with Crippen molar-refractivity contribution in [3.63, 3.8) is 0 Å². The first kappa shape index (κ1) is 21.8. The first-order valence-electron chi connectivity index (χ1n) is 10.6. The van der Waals surface area contributed by atoms with Gasteiger partial charge in [-0.2, -0.15) is 4.90 Å². The highest BCUT2D eigenvalue weighted by atomic mass is 16.5. The molecule has 4 rings (SSSR count). The van der Waals surface area contributed by atoms with Crippen molar-refractivity contribution in [3.05, 3.63) is 48.2 Å². The van der Waals surface area contributed by atoms with E-state index in [2.05, 4.69) is 16.0 Å². The van der Waals surface area contributed by atoms with Crippen molar-refractivity contribution in [2.45, 2.75) is 44.4 Å². The summed E-state index contributed by atoms with van der Waals surface area (Å²) >= 11 is 0. The van der Waals surface area contributed by atoms with Gasteiger partial charge in [0.05, 0.1) is 25.0 Å². The van der Waals surface area contributed by atoms with Gasteiger partial charge >= 0.3 is 5.91 Å². The van der Waals surface area contributed by atoms with Crippen LogP contribution in [0.4, 0.5) is 11.5 Å². The Labute approximate surface area is 186 Å². The number of amides is 3. The molecule has 0 aliphatic carbocycles. The number of anilines is 2. The van der Waals surface area contributed by atoms with Crippen LogP contribution in [-0.4, -0.2) is 50.0 Å². The summed E-state index contributed by atoms with van der Waals surface area (Å²) in [5.41, 5.74) is 1.45. The van der Waals surface area contributed by atoms with Crippen molar-refractivity contribution < 1.29 is 23.7 Å². The zero-order valence-corrected chi connectivity index (χ0v) is 18.6. The van der Waals surface area contributed by atoms with E-state index in [0.717, 1.165) is 5.56 Å². The predicted octanol–water partition coefficient (Wildman–Crippen LogP) is 0.546. The molecule has 0 fully saturated rings. The van der Waals surface area contributed by atoms with Crippen molar-refractivity contribution in [1.82, 2.24) is 10.6 Å². The van der Waals surface area contributed by atoms with Gasteiger partial charge in [0.15, 0.2) is 12.1 Å². The van der Waals surface area contributed by atoms with Crippen LogP contribution in [0.3, 0.4) is 0 Å². The number of likely N-dealkylation sites (N-methyl/N-ethyl adjacent to an activating group) is 1. The summed E-state index contributed by atoms with van der Waals surface area (Å²) in [5, 5.41) is 8.64. The molecule has 3 amide bonds. The number of aromatic nitrogens is 1. The Bertz CT molecular complexity index is 1070. The van der Waals surface area contributed by atoms with Crippen LogP contribution >= 0.6 is 0 Å². The fourth-order valence-corrected chi connectivity index (χ4v) is 4.32. The van der Waals surface area contributed by atoms with Gasteiger partial charge in [-0.05, 0) is 45.2 Å². The molecule has 168 valence electrons. The van der Waals surface area contributed by atoms with Gasteiger partial charge in [0.25, 0.3) is 11.7 Å².